The third-order valence-corrected chi connectivity index (χ3v) is 5.42. The van der Waals surface area contributed by atoms with E-state index in [4.69, 9.17) is 9.47 Å². The van der Waals surface area contributed by atoms with Crippen LogP contribution in [0.4, 0.5) is 14.3 Å². The maximum Gasteiger partial charge on any atom is 0.321 e. The lowest BCUT2D eigenvalue weighted by molar-refractivity contribution is -0.137. The van der Waals surface area contributed by atoms with E-state index in [0.717, 1.165) is 0 Å². The van der Waals surface area contributed by atoms with Crippen LogP contribution in [0, 0.1) is 5.82 Å². The van der Waals surface area contributed by atoms with Crippen molar-refractivity contribution in [1.29, 1.82) is 0 Å². The van der Waals surface area contributed by atoms with Crippen LogP contribution in [0.25, 0.3) is 0 Å². The van der Waals surface area contributed by atoms with Gasteiger partial charge in [-0.25, -0.2) is 14.2 Å². The van der Waals surface area contributed by atoms with E-state index in [1.807, 2.05) is 0 Å². The fraction of sp³-hybridized carbons (Fsp3) is 0.261. The molecule has 0 aliphatic carbocycles. The van der Waals surface area contributed by atoms with Crippen molar-refractivity contribution < 1.29 is 23.5 Å². The van der Waals surface area contributed by atoms with Crippen LogP contribution in [0.5, 0.6) is 11.5 Å². The highest BCUT2D eigenvalue weighted by Gasteiger charge is 2.20. The summed E-state index contributed by atoms with van der Waals surface area (Å²) in [5.74, 6) is 0.700. The Morgan fingerprint density at radius 3 is 2.61 bits per heavy atom. The second-order valence-corrected chi connectivity index (χ2v) is 8.07. The van der Waals surface area contributed by atoms with Gasteiger partial charge in [-0.1, -0.05) is 12.1 Å². The van der Waals surface area contributed by atoms with Crippen LogP contribution in [0.2, 0.25) is 0 Å². The Hall–Kier alpha value is -3.66. The number of hydrogen-bond acceptors (Lipinski definition) is 6. The molecule has 0 aliphatic heterocycles. The predicted molar refractivity (Wildman–Crippen MR) is 124 cm³/mol. The lowest BCUT2D eigenvalue weighted by atomic mass is 10.2. The average Bonchev–Trinajstić information content (AvgIpc) is 3.24. The van der Waals surface area contributed by atoms with E-state index >= 15 is 0 Å². The molecule has 0 fully saturated rings. The van der Waals surface area contributed by atoms with E-state index in [1.54, 1.807) is 62.9 Å². The van der Waals surface area contributed by atoms with Crippen LogP contribution in [-0.2, 0) is 17.9 Å². The van der Waals surface area contributed by atoms with Crippen molar-refractivity contribution in [2.24, 2.45) is 0 Å². The zero-order valence-electron chi connectivity index (χ0n) is 18.5. The summed E-state index contributed by atoms with van der Waals surface area (Å²) in [4.78, 5) is 30.6. The Kier molecular flexibility index (Phi) is 8.20. The largest absolute Gasteiger partial charge is 0.497 e. The van der Waals surface area contributed by atoms with Gasteiger partial charge in [-0.2, -0.15) is 0 Å². The molecule has 2 aromatic carbocycles. The summed E-state index contributed by atoms with van der Waals surface area (Å²) in [5.41, 5.74) is 1.28. The number of rotatable bonds is 9. The molecule has 2 N–H and O–H groups in total. The van der Waals surface area contributed by atoms with Crippen LogP contribution in [0.15, 0.2) is 53.9 Å². The molecule has 10 heteroatoms. The van der Waals surface area contributed by atoms with Crippen molar-refractivity contribution in [3.8, 4) is 11.5 Å². The Morgan fingerprint density at radius 2 is 1.91 bits per heavy atom. The number of ether oxygens (including phenoxy) is 2. The lowest BCUT2D eigenvalue weighted by Crippen LogP contribution is -2.37. The fourth-order valence-electron chi connectivity index (χ4n) is 2.95. The molecule has 3 rings (SSSR count). The van der Waals surface area contributed by atoms with Crippen molar-refractivity contribution in [3.63, 3.8) is 0 Å². The maximum atomic E-state index is 13.2. The number of methoxy groups -OCH3 is 1. The number of urea groups is 1. The number of aromatic nitrogens is 1. The van der Waals surface area contributed by atoms with Gasteiger partial charge < -0.3 is 19.7 Å². The second-order valence-electron chi connectivity index (χ2n) is 7.21. The number of likely N-dealkylation sites (N-methyl/N-ethyl adjacent to an activating group) is 1. The number of benzene rings is 2. The molecule has 174 valence electrons. The molecule has 3 aromatic rings. The molecular weight excluding hydrogens is 447 g/mol. The first-order valence-electron chi connectivity index (χ1n) is 10.1. The highest BCUT2D eigenvalue weighted by atomic mass is 32.1. The number of halogens is 1. The van der Waals surface area contributed by atoms with Crippen molar-refractivity contribution >= 4 is 28.4 Å². The third kappa shape index (κ3) is 7.18. The summed E-state index contributed by atoms with van der Waals surface area (Å²) in [6, 6.07) is 12.5. The molecule has 1 unspecified atom stereocenters. The number of nitrogens with one attached hydrogen (secondary N) is 2. The van der Waals surface area contributed by atoms with Gasteiger partial charge >= 0.3 is 6.03 Å². The summed E-state index contributed by atoms with van der Waals surface area (Å²) in [5, 5.41) is 7.45. The molecule has 1 heterocycles. The molecule has 1 atom stereocenters. The Morgan fingerprint density at radius 1 is 1.18 bits per heavy atom. The summed E-state index contributed by atoms with van der Waals surface area (Å²) in [6.45, 7) is 2.13. The zero-order valence-corrected chi connectivity index (χ0v) is 19.3. The first-order valence-corrected chi connectivity index (χ1v) is 11.0. The van der Waals surface area contributed by atoms with E-state index in [2.05, 4.69) is 15.6 Å². The predicted octanol–water partition coefficient (Wildman–Crippen LogP) is 4.04. The highest BCUT2D eigenvalue weighted by Crippen LogP contribution is 2.20. The molecule has 1 aromatic heterocycles. The number of carbonyl (C=O) groups excluding carboxylic acids is 2. The van der Waals surface area contributed by atoms with Gasteiger partial charge in [0.2, 0.25) is 0 Å². The average molecular weight is 473 g/mol. The van der Waals surface area contributed by atoms with Crippen LogP contribution in [0.3, 0.4) is 0 Å². The summed E-state index contributed by atoms with van der Waals surface area (Å²) >= 11 is 1.25. The molecule has 0 radical (unpaired) electrons. The van der Waals surface area contributed by atoms with Crippen LogP contribution >= 0.6 is 11.3 Å². The van der Waals surface area contributed by atoms with Gasteiger partial charge in [0.25, 0.3) is 5.91 Å². The van der Waals surface area contributed by atoms with E-state index in [-0.39, 0.29) is 24.8 Å². The minimum Gasteiger partial charge on any atom is -0.497 e. The van der Waals surface area contributed by atoms with Crippen LogP contribution in [0.1, 0.15) is 18.2 Å². The molecule has 0 saturated heterocycles. The molecule has 3 amide bonds. The number of amides is 3. The van der Waals surface area contributed by atoms with E-state index < -0.39 is 12.1 Å². The van der Waals surface area contributed by atoms with Gasteiger partial charge in [0.1, 0.15) is 17.3 Å². The summed E-state index contributed by atoms with van der Waals surface area (Å²) in [7, 11) is 3.24. The number of hydrogen-bond donors (Lipinski definition) is 2. The molecular formula is C23H25FN4O4S. The van der Waals surface area contributed by atoms with E-state index in [1.165, 1.54) is 28.4 Å². The standard InChI is InChI=1S/C23H25FN4O4S/c1-15(32-20-9-7-19(31-3)8-10-20)21(29)28(2)13-18-14-33-23(26-18)27-22(30)25-12-16-5-4-6-17(24)11-16/h4-11,14-15H,12-13H2,1-3H3,(H2,25,26,27,30). The Balaban J connectivity index is 1.47. The van der Waals surface area contributed by atoms with E-state index in [0.29, 0.717) is 27.9 Å². The monoisotopic (exact) mass is 472 g/mol. The first-order chi connectivity index (χ1) is 15.8. The van der Waals surface area contributed by atoms with Crippen molar-refractivity contribution in [1.82, 2.24) is 15.2 Å². The summed E-state index contributed by atoms with van der Waals surface area (Å²) in [6.07, 6.45) is -0.687. The minimum atomic E-state index is -0.687. The quantitative estimate of drug-likeness (QED) is 0.490. The highest BCUT2D eigenvalue weighted by molar-refractivity contribution is 7.13. The van der Waals surface area contributed by atoms with Crippen molar-refractivity contribution in [3.05, 3.63) is 71.0 Å². The van der Waals surface area contributed by atoms with Gasteiger partial charge in [-0.3, -0.25) is 10.1 Å². The Bertz CT molecular complexity index is 1090. The van der Waals surface area contributed by atoms with E-state index in [9.17, 15) is 14.0 Å². The van der Waals surface area contributed by atoms with Gasteiger partial charge in [-0.15, -0.1) is 11.3 Å². The molecule has 0 bridgehead atoms. The van der Waals surface area contributed by atoms with Crippen LogP contribution < -0.4 is 20.1 Å². The number of nitrogens with zero attached hydrogens (tertiary/aromatic N) is 2. The number of anilines is 1. The van der Waals surface area contributed by atoms with Crippen molar-refractivity contribution in [2.75, 3.05) is 19.5 Å². The Labute approximate surface area is 195 Å². The smallest absolute Gasteiger partial charge is 0.321 e. The molecule has 0 spiro atoms. The maximum absolute atomic E-state index is 13.2. The fourth-order valence-corrected chi connectivity index (χ4v) is 3.64. The minimum absolute atomic E-state index is 0.186. The molecule has 8 nitrogen and oxygen atoms in total. The van der Waals surface area contributed by atoms with Gasteiger partial charge in [-0.05, 0) is 48.9 Å². The normalized spacial score (nSPS) is 11.4. The third-order valence-electron chi connectivity index (χ3n) is 4.61. The topological polar surface area (TPSA) is 92.8 Å². The van der Waals surface area contributed by atoms with Crippen molar-refractivity contribution in [2.45, 2.75) is 26.1 Å². The SMILES string of the molecule is COc1ccc(OC(C)C(=O)N(C)Cc2csc(NC(=O)NCc3cccc(F)c3)n2)cc1. The molecule has 0 aliphatic rings. The van der Waals surface area contributed by atoms with Gasteiger partial charge in [0.05, 0.1) is 19.3 Å². The second kappa shape index (κ2) is 11.3. The molecule has 0 saturated carbocycles. The summed E-state index contributed by atoms with van der Waals surface area (Å²) < 4.78 is 24.0. The zero-order chi connectivity index (χ0) is 23.8. The van der Waals surface area contributed by atoms with Gasteiger partial charge in [0, 0.05) is 19.0 Å². The van der Waals surface area contributed by atoms with Gasteiger partial charge in [0.15, 0.2) is 11.2 Å². The van der Waals surface area contributed by atoms with Crippen LogP contribution in [-0.4, -0.2) is 42.1 Å². The first kappa shape index (κ1) is 24.0. The number of thiazole rings is 1. The lowest BCUT2D eigenvalue weighted by Gasteiger charge is -2.21. The molecule has 33 heavy (non-hydrogen) atoms. The number of carbonyl (C=O) groups is 2.